The molecule has 0 heterocycles. The van der Waals surface area contributed by atoms with Gasteiger partial charge in [-0.15, -0.1) is 0 Å². The van der Waals surface area contributed by atoms with Gasteiger partial charge in [0.05, 0.1) is 12.8 Å². The standard InChI is InChI=1S/C15H17O4P/c16-13-19-20(17,12-15-9-5-2-6-10-15)18-11-14-7-3-1-4-8-14/h1-10,16H,11-13H2. The number of aliphatic hydroxyl groups excluding tert-OH is 1. The molecule has 2 aromatic rings. The van der Waals surface area contributed by atoms with Gasteiger partial charge in [-0.3, -0.25) is 9.09 Å². The number of aliphatic hydroxyl groups is 1. The van der Waals surface area contributed by atoms with Gasteiger partial charge in [-0.05, 0) is 11.1 Å². The van der Waals surface area contributed by atoms with Gasteiger partial charge in [0.2, 0.25) is 0 Å². The Kier molecular flexibility index (Phi) is 5.50. The molecule has 2 rings (SSSR count). The molecule has 20 heavy (non-hydrogen) atoms. The summed E-state index contributed by atoms with van der Waals surface area (Å²) in [6, 6.07) is 18.7. The molecule has 0 fully saturated rings. The summed E-state index contributed by atoms with van der Waals surface area (Å²) in [5.74, 6) is 0. The third-order valence-corrected chi connectivity index (χ3v) is 4.53. The Morgan fingerprint density at radius 2 is 1.40 bits per heavy atom. The number of hydrogen-bond donors (Lipinski definition) is 1. The van der Waals surface area contributed by atoms with E-state index in [0.717, 1.165) is 11.1 Å². The molecule has 0 aliphatic rings. The maximum Gasteiger partial charge on any atom is 0.337 e. The quantitative estimate of drug-likeness (QED) is 0.626. The highest BCUT2D eigenvalue weighted by atomic mass is 31.2. The smallest absolute Gasteiger partial charge is 0.337 e. The fourth-order valence-electron chi connectivity index (χ4n) is 1.77. The highest BCUT2D eigenvalue weighted by Gasteiger charge is 2.25. The zero-order valence-corrected chi connectivity index (χ0v) is 11.9. The Morgan fingerprint density at radius 1 is 0.850 bits per heavy atom. The van der Waals surface area contributed by atoms with E-state index >= 15 is 0 Å². The summed E-state index contributed by atoms with van der Waals surface area (Å²) in [6.07, 6.45) is 0.140. The van der Waals surface area contributed by atoms with Crippen LogP contribution in [-0.4, -0.2) is 11.9 Å². The number of rotatable bonds is 7. The van der Waals surface area contributed by atoms with E-state index in [1.807, 2.05) is 60.7 Å². The fourth-order valence-corrected chi connectivity index (χ4v) is 3.21. The van der Waals surface area contributed by atoms with E-state index in [4.69, 9.17) is 14.2 Å². The van der Waals surface area contributed by atoms with Crippen LogP contribution in [0.5, 0.6) is 0 Å². The van der Waals surface area contributed by atoms with Gasteiger partial charge in [-0.1, -0.05) is 60.7 Å². The summed E-state index contributed by atoms with van der Waals surface area (Å²) in [7, 11) is -3.36. The normalized spacial score (nSPS) is 13.8. The van der Waals surface area contributed by atoms with Gasteiger partial charge in [-0.25, -0.2) is 0 Å². The molecule has 0 aromatic heterocycles. The van der Waals surface area contributed by atoms with E-state index in [1.54, 1.807) is 0 Å². The second-order valence-corrected chi connectivity index (χ2v) is 6.33. The van der Waals surface area contributed by atoms with Crippen LogP contribution in [0.4, 0.5) is 0 Å². The minimum Gasteiger partial charge on any atom is -0.370 e. The van der Waals surface area contributed by atoms with Crippen molar-refractivity contribution in [2.45, 2.75) is 12.8 Å². The Bertz CT molecular complexity index is 557. The SMILES string of the molecule is O=P(Cc1ccccc1)(OCO)OCc1ccccc1. The monoisotopic (exact) mass is 292 g/mol. The van der Waals surface area contributed by atoms with Crippen LogP contribution in [0, 0.1) is 0 Å². The molecule has 106 valence electrons. The minimum absolute atomic E-state index is 0.140. The highest BCUT2D eigenvalue weighted by molar-refractivity contribution is 7.53. The Morgan fingerprint density at radius 3 is 1.95 bits per heavy atom. The number of hydrogen-bond acceptors (Lipinski definition) is 4. The van der Waals surface area contributed by atoms with Crippen molar-refractivity contribution in [2.75, 3.05) is 6.79 Å². The van der Waals surface area contributed by atoms with Gasteiger partial charge in [0.25, 0.3) is 0 Å². The third-order valence-electron chi connectivity index (χ3n) is 2.74. The van der Waals surface area contributed by atoms with Crippen molar-refractivity contribution in [1.29, 1.82) is 0 Å². The van der Waals surface area contributed by atoms with Crippen molar-refractivity contribution in [2.24, 2.45) is 0 Å². The van der Waals surface area contributed by atoms with Crippen LogP contribution in [0.2, 0.25) is 0 Å². The highest BCUT2D eigenvalue weighted by Crippen LogP contribution is 2.51. The van der Waals surface area contributed by atoms with E-state index in [-0.39, 0.29) is 12.8 Å². The summed E-state index contributed by atoms with van der Waals surface area (Å²) in [6.45, 7) is -0.441. The topological polar surface area (TPSA) is 55.8 Å². The summed E-state index contributed by atoms with van der Waals surface area (Å²) >= 11 is 0. The lowest BCUT2D eigenvalue weighted by atomic mass is 10.2. The van der Waals surface area contributed by atoms with Crippen LogP contribution < -0.4 is 0 Å². The van der Waals surface area contributed by atoms with E-state index in [1.165, 1.54) is 0 Å². The lowest BCUT2D eigenvalue weighted by Gasteiger charge is -2.17. The molecule has 2 aromatic carbocycles. The third kappa shape index (κ3) is 4.58. The Hall–Kier alpha value is -1.45. The van der Waals surface area contributed by atoms with Crippen LogP contribution in [0.3, 0.4) is 0 Å². The van der Waals surface area contributed by atoms with E-state index in [2.05, 4.69) is 0 Å². The first-order valence-corrected chi connectivity index (χ1v) is 8.01. The molecule has 0 aliphatic carbocycles. The summed E-state index contributed by atoms with van der Waals surface area (Å²) < 4.78 is 22.9. The molecule has 0 amide bonds. The first-order valence-electron chi connectivity index (χ1n) is 6.29. The zero-order valence-electron chi connectivity index (χ0n) is 11.0. The van der Waals surface area contributed by atoms with Gasteiger partial charge in [-0.2, -0.15) is 0 Å². The van der Waals surface area contributed by atoms with Crippen molar-refractivity contribution >= 4 is 7.60 Å². The average molecular weight is 292 g/mol. The van der Waals surface area contributed by atoms with E-state index < -0.39 is 14.4 Å². The molecule has 1 atom stereocenters. The summed E-state index contributed by atoms with van der Waals surface area (Å²) in [5.41, 5.74) is 1.75. The predicted molar refractivity (Wildman–Crippen MR) is 77.2 cm³/mol. The maximum absolute atomic E-state index is 12.6. The van der Waals surface area contributed by atoms with Crippen molar-refractivity contribution in [3.05, 3.63) is 71.8 Å². The van der Waals surface area contributed by atoms with Crippen LogP contribution in [-0.2, 0) is 26.4 Å². The fraction of sp³-hybridized carbons (Fsp3) is 0.200. The van der Waals surface area contributed by atoms with Crippen LogP contribution >= 0.6 is 7.60 Å². The van der Waals surface area contributed by atoms with Crippen LogP contribution in [0.25, 0.3) is 0 Å². The van der Waals surface area contributed by atoms with Gasteiger partial charge >= 0.3 is 7.60 Å². The molecule has 4 nitrogen and oxygen atoms in total. The van der Waals surface area contributed by atoms with E-state index in [0.29, 0.717) is 0 Å². The molecule has 0 spiro atoms. The predicted octanol–water partition coefficient (Wildman–Crippen LogP) is 3.56. The first kappa shape index (κ1) is 14.9. The van der Waals surface area contributed by atoms with Crippen molar-refractivity contribution in [3.8, 4) is 0 Å². The van der Waals surface area contributed by atoms with Gasteiger partial charge in [0, 0.05) is 0 Å². The number of benzene rings is 2. The molecular weight excluding hydrogens is 275 g/mol. The van der Waals surface area contributed by atoms with Crippen molar-refractivity contribution < 1.29 is 18.7 Å². The second-order valence-electron chi connectivity index (χ2n) is 4.27. The van der Waals surface area contributed by atoms with Gasteiger partial charge in [0.15, 0.2) is 6.79 Å². The summed E-state index contributed by atoms with van der Waals surface area (Å²) in [4.78, 5) is 0. The molecule has 0 aliphatic heterocycles. The molecule has 1 unspecified atom stereocenters. The molecule has 0 saturated carbocycles. The Balaban J connectivity index is 2.03. The van der Waals surface area contributed by atoms with Crippen LogP contribution in [0.1, 0.15) is 11.1 Å². The van der Waals surface area contributed by atoms with Crippen molar-refractivity contribution in [3.63, 3.8) is 0 Å². The van der Waals surface area contributed by atoms with Crippen molar-refractivity contribution in [1.82, 2.24) is 0 Å². The summed E-state index contributed by atoms with van der Waals surface area (Å²) in [5, 5.41) is 8.90. The maximum atomic E-state index is 12.6. The minimum atomic E-state index is -3.36. The molecule has 1 N–H and O–H groups in total. The largest absolute Gasteiger partial charge is 0.370 e. The zero-order chi connectivity index (χ0) is 14.3. The van der Waals surface area contributed by atoms with E-state index in [9.17, 15) is 4.57 Å². The molecule has 5 heteroatoms. The average Bonchev–Trinajstić information content (AvgIpc) is 2.48. The molecule has 0 radical (unpaired) electrons. The van der Waals surface area contributed by atoms with Crippen LogP contribution in [0.15, 0.2) is 60.7 Å². The second kappa shape index (κ2) is 7.36. The lowest BCUT2D eigenvalue weighted by Crippen LogP contribution is -2.00. The Labute approximate surface area is 118 Å². The van der Waals surface area contributed by atoms with Gasteiger partial charge < -0.3 is 9.63 Å². The molecule has 0 saturated heterocycles. The lowest BCUT2D eigenvalue weighted by molar-refractivity contribution is 0.0736. The molecular formula is C15H17O4P. The van der Waals surface area contributed by atoms with Gasteiger partial charge in [0.1, 0.15) is 0 Å². The molecule has 0 bridgehead atoms. The first-order chi connectivity index (χ1) is 9.72.